The molecule has 3 fully saturated rings. The van der Waals surface area contributed by atoms with Gasteiger partial charge in [-0.15, -0.1) is 0 Å². The number of fused-ring (bicyclic) bond motifs is 3. The Hall–Kier alpha value is -1.62. The lowest BCUT2D eigenvalue weighted by atomic mass is 9.52. The summed E-state index contributed by atoms with van der Waals surface area (Å²) >= 11 is 0. The summed E-state index contributed by atoms with van der Waals surface area (Å²) in [6.07, 6.45) is 5.80. The Bertz CT molecular complexity index is 561. The van der Waals surface area contributed by atoms with E-state index < -0.39 is 0 Å². The Morgan fingerprint density at radius 3 is 2.27 bits per heavy atom. The fourth-order valence-electron chi connectivity index (χ4n) is 4.17. The molecule has 3 saturated carbocycles. The average molecular weight is 304 g/mol. The van der Waals surface area contributed by atoms with Crippen LogP contribution in [0.25, 0.3) is 0 Å². The van der Waals surface area contributed by atoms with Crippen molar-refractivity contribution in [1.82, 2.24) is 4.98 Å². The number of rotatable bonds is 4. The van der Waals surface area contributed by atoms with Crippen molar-refractivity contribution in [3.8, 4) is 0 Å². The maximum atomic E-state index is 12.1. The largest absolute Gasteiger partial charge is 0.469 e. The van der Waals surface area contributed by atoms with Crippen molar-refractivity contribution < 1.29 is 14.4 Å². The number of aryl methyl sites for hydroxylation is 1. The van der Waals surface area contributed by atoms with Gasteiger partial charge in [0.2, 0.25) is 0 Å². The predicted molar refractivity (Wildman–Crippen MR) is 83.4 cm³/mol. The molecule has 22 heavy (non-hydrogen) atoms. The molecule has 1 aromatic heterocycles. The normalized spacial score (nSPS) is 30.1. The number of nitrogens with zero attached hydrogens (tertiary/aromatic N) is 1. The van der Waals surface area contributed by atoms with Crippen molar-refractivity contribution in [3.05, 3.63) is 23.5 Å². The number of hydrogen-bond donors (Lipinski definition) is 1. The standard InChI is InChI=1S/C17H24N2O3/c1-12-13(19-22-3)4-5-14(18-12)16-6-9-17(10-7-16,11-8-16)15(20)21-2/h4-5,19H,6-11H2,1-3H3. The number of nitrogens with one attached hydrogen (secondary N) is 1. The van der Waals surface area contributed by atoms with Gasteiger partial charge in [0.15, 0.2) is 0 Å². The van der Waals surface area contributed by atoms with Crippen LogP contribution in [0.4, 0.5) is 5.69 Å². The van der Waals surface area contributed by atoms with Crippen LogP contribution in [0.2, 0.25) is 0 Å². The van der Waals surface area contributed by atoms with Crippen LogP contribution in [0.1, 0.15) is 49.9 Å². The molecule has 1 heterocycles. The number of carbonyl (C=O) groups excluding carboxylic acids is 1. The van der Waals surface area contributed by atoms with Crippen LogP contribution in [-0.2, 0) is 19.8 Å². The van der Waals surface area contributed by atoms with Gasteiger partial charge < -0.3 is 4.74 Å². The summed E-state index contributed by atoms with van der Waals surface area (Å²) in [5, 5.41) is 0. The summed E-state index contributed by atoms with van der Waals surface area (Å²) in [6.45, 7) is 1.99. The smallest absolute Gasteiger partial charge is 0.311 e. The molecule has 3 aliphatic carbocycles. The lowest BCUT2D eigenvalue weighted by molar-refractivity contribution is -0.160. The zero-order valence-corrected chi connectivity index (χ0v) is 13.6. The van der Waals surface area contributed by atoms with E-state index in [1.54, 1.807) is 7.11 Å². The third-order valence-electron chi connectivity index (χ3n) is 5.71. The number of aromatic nitrogens is 1. The minimum Gasteiger partial charge on any atom is -0.469 e. The summed E-state index contributed by atoms with van der Waals surface area (Å²) < 4.78 is 5.03. The number of pyridine rings is 1. The first-order valence-electron chi connectivity index (χ1n) is 7.91. The highest BCUT2D eigenvalue weighted by molar-refractivity contribution is 5.77. The molecule has 0 radical (unpaired) electrons. The molecule has 0 aliphatic heterocycles. The molecule has 0 unspecified atom stereocenters. The zero-order chi connectivity index (χ0) is 15.8. The number of anilines is 1. The van der Waals surface area contributed by atoms with Crippen LogP contribution in [0, 0.1) is 12.3 Å². The number of hydrogen-bond acceptors (Lipinski definition) is 5. The first-order chi connectivity index (χ1) is 10.6. The van der Waals surface area contributed by atoms with Gasteiger partial charge in [-0.3, -0.25) is 20.1 Å². The second-order valence-electron chi connectivity index (χ2n) is 6.69. The van der Waals surface area contributed by atoms with Crippen LogP contribution in [-0.4, -0.2) is 25.2 Å². The van der Waals surface area contributed by atoms with Gasteiger partial charge in [0, 0.05) is 11.1 Å². The predicted octanol–water partition coefficient (Wildman–Crippen LogP) is 3.13. The third kappa shape index (κ3) is 2.28. The van der Waals surface area contributed by atoms with Crippen LogP contribution in [0.3, 0.4) is 0 Å². The zero-order valence-electron chi connectivity index (χ0n) is 13.6. The van der Waals surface area contributed by atoms with Crippen molar-refractivity contribution in [2.75, 3.05) is 19.7 Å². The van der Waals surface area contributed by atoms with Gasteiger partial charge in [0.05, 0.1) is 31.0 Å². The van der Waals surface area contributed by atoms with E-state index in [-0.39, 0.29) is 16.8 Å². The molecule has 2 bridgehead atoms. The van der Waals surface area contributed by atoms with Crippen molar-refractivity contribution in [1.29, 1.82) is 0 Å². The molecule has 120 valence electrons. The third-order valence-corrected chi connectivity index (χ3v) is 5.71. The number of esters is 1. The van der Waals surface area contributed by atoms with E-state index >= 15 is 0 Å². The number of carbonyl (C=O) groups is 1. The highest BCUT2D eigenvalue weighted by Gasteiger charge is 2.54. The first-order valence-corrected chi connectivity index (χ1v) is 7.91. The van der Waals surface area contributed by atoms with Gasteiger partial charge in [0.25, 0.3) is 0 Å². The maximum Gasteiger partial charge on any atom is 0.311 e. The molecule has 0 amide bonds. The number of methoxy groups -OCH3 is 1. The van der Waals surface area contributed by atoms with E-state index in [1.165, 1.54) is 7.11 Å². The molecule has 5 heteroatoms. The summed E-state index contributed by atoms with van der Waals surface area (Å²) in [6, 6.07) is 4.14. The molecule has 0 atom stereocenters. The van der Waals surface area contributed by atoms with E-state index in [0.29, 0.717) is 0 Å². The molecule has 5 nitrogen and oxygen atoms in total. The summed E-state index contributed by atoms with van der Waals surface area (Å²) in [5.74, 6) is -0.0235. The Kier molecular flexibility index (Phi) is 3.85. The second kappa shape index (κ2) is 5.54. The molecule has 1 N–H and O–H groups in total. The Morgan fingerprint density at radius 2 is 1.77 bits per heavy atom. The van der Waals surface area contributed by atoms with E-state index in [4.69, 9.17) is 14.6 Å². The van der Waals surface area contributed by atoms with Gasteiger partial charge in [-0.25, -0.2) is 0 Å². The molecule has 0 aromatic carbocycles. The molecule has 4 rings (SSSR count). The van der Waals surface area contributed by atoms with Gasteiger partial charge in [-0.2, -0.15) is 0 Å². The molecular weight excluding hydrogens is 280 g/mol. The lowest BCUT2D eigenvalue weighted by Crippen LogP contribution is -2.48. The Balaban J connectivity index is 1.83. The average Bonchev–Trinajstić information content (AvgIpc) is 2.57. The van der Waals surface area contributed by atoms with E-state index in [0.717, 1.165) is 55.6 Å². The molecule has 0 spiro atoms. The molecule has 0 saturated heterocycles. The first kappa shape index (κ1) is 15.3. The van der Waals surface area contributed by atoms with Gasteiger partial charge in [-0.05, 0) is 57.6 Å². The molecule has 1 aromatic rings. The topological polar surface area (TPSA) is 60.5 Å². The molecule has 3 aliphatic rings. The van der Waals surface area contributed by atoms with Gasteiger partial charge in [0.1, 0.15) is 0 Å². The summed E-state index contributed by atoms with van der Waals surface area (Å²) in [7, 11) is 3.10. The SMILES string of the molecule is CONc1ccc(C23CCC(C(=O)OC)(CC2)CC3)nc1C. The van der Waals surface area contributed by atoms with Crippen LogP contribution in [0.15, 0.2) is 12.1 Å². The fourth-order valence-corrected chi connectivity index (χ4v) is 4.17. The van der Waals surface area contributed by atoms with E-state index in [9.17, 15) is 4.79 Å². The Labute approximate surface area is 131 Å². The van der Waals surface area contributed by atoms with E-state index in [2.05, 4.69) is 11.5 Å². The van der Waals surface area contributed by atoms with Crippen molar-refractivity contribution in [2.24, 2.45) is 5.41 Å². The van der Waals surface area contributed by atoms with E-state index in [1.807, 2.05) is 13.0 Å². The van der Waals surface area contributed by atoms with Crippen LogP contribution >= 0.6 is 0 Å². The second-order valence-corrected chi connectivity index (χ2v) is 6.69. The highest BCUT2D eigenvalue weighted by atomic mass is 16.6. The lowest BCUT2D eigenvalue weighted by Gasteiger charge is -2.51. The van der Waals surface area contributed by atoms with Crippen LogP contribution < -0.4 is 5.48 Å². The van der Waals surface area contributed by atoms with Crippen molar-refractivity contribution in [2.45, 2.75) is 50.9 Å². The fraction of sp³-hybridized carbons (Fsp3) is 0.647. The summed E-state index contributed by atoms with van der Waals surface area (Å²) in [4.78, 5) is 21.9. The van der Waals surface area contributed by atoms with Gasteiger partial charge in [-0.1, -0.05) is 0 Å². The highest BCUT2D eigenvalue weighted by Crippen LogP contribution is 2.57. The monoisotopic (exact) mass is 304 g/mol. The van der Waals surface area contributed by atoms with Crippen molar-refractivity contribution >= 4 is 11.7 Å². The quantitative estimate of drug-likeness (QED) is 0.684. The van der Waals surface area contributed by atoms with Crippen LogP contribution in [0.5, 0.6) is 0 Å². The Morgan fingerprint density at radius 1 is 1.14 bits per heavy atom. The molecular formula is C17H24N2O3. The number of ether oxygens (including phenoxy) is 1. The van der Waals surface area contributed by atoms with Gasteiger partial charge >= 0.3 is 5.97 Å². The minimum atomic E-state index is -0.233. The minimum absolute atomic E-state index is 0.0235. The maximum absolute atomic E-state index is 12.1. The van der Waals surface area contributed by atoms with Crippen molar-refractivity contribution in [3.63, 3.8) is 0 Å². The summed E-state index contributed by atoms with van der Waals surface area (Å²) in [5.41, 5.74) is 5.76.